The molecule has 0 aromatic heterocycles. The van der Waals surface area contributed by atoms with Crippen molar-refractivity contribution >= 4 is 17.7 Å². The highest BCUT2D eigenvalue weighted by Gasteiger charge is 2.05. The zero-order chi connectivity index (χ0) is 18.2. The van der Waals surface area contributed by atoms with Crippen molar-refractivity contribution in [2.45, 2.75) is 12.7 Å². The molecule has 0 unspecified atom stereocenters. The quantitative estimate of drug-likeness (QED) is 0.577. The van der Waals surface area contributed by atoms with Crippen molar-refractivity contribution in [1.29, 1.82) is 0 Å². The molecule has 0 aliphatic rings. The van der Waals surface area contributed by atoms with E-state index in [0.717, 1.165) is 22.6 Å². The Balaban J connectivity index is 1.44. The maximum Gasteiger partial charge on any atom is 0.251 e. The van der Waals surface area contributed by atoms with Gasteiger partial charge in [0.15, 0.2) is 0 Å². The third kappa shape index (κ3) is 4.99. The van der Waals surface area contributed by atoms with Crippen LogP contribution < -0.4 is 5.32 Å². The number of rotatable bonds is 7. The van der Waals surface area contributed by atoms with Gasteiger partial charge in [0.2, 0.25) is 0 Å². The van der Waals surface area contributed by atoms with E-state index in [9.17, 15) is 4.79 Å². The fourth-order valence-electron chi connectivity index (χ4n) is 2.74. The molecule has 0 heterocycles. The highest BCUT2D eigenvalue weighted by atomic mass is 32.2. The molecule has 3 aromatic rings. The zero-order valence-electron chi connectivity index (χ0n) is 14.9. The average molecular weight is 362 g/mol. The molecule has 26 heavy (non-hydrogen) atoms. The summed E-state index contributed by atoms with van der Waals surface area (Å²) in [4.78, 5) is 12.3. The molecule has 1 N–H and O–H groups in total. The van der Waals surface area contributed by atoms with Gasteiger partial charge in [-0.1, -0.05) is 66.7 Å². The number of carbonyl (C=O) groups excluding carboxylic acids is 1. The predicted molar refractivity (Wildman–Crippen MR) is 112 cm³/mol. The highest BCUT2D eigenvalue weighted by Crippen LogP contribution is 2.19. The number of benzene rings is 3. The van der Waals surface area contributed by atoms with Gasteiger partial charge in [0.25, 0.3) is 5.91 Å². The molecule has 0 fully saturated rings. The zero-order valence-corrected chi connectivity index (χ0v) is 15.8. The molecular weight excluding hydrogens is 338 g/mol. The second-order valence-corrected chi connectivity index (χ2v) is 7.28. The van der Waals surface area contributed by atoms with Crippen molar-refractivity contribution in [2.75, 3.05) is 12.3 Å². The van der Waals surface area contributed by atoms with Crippen molar-refractivity contribution in [3.8, 4) is 11.1 Å². The van der Waals surface area contributed by atoms with Gasteiger partial charge in [-0.05, 0) is 41.3 Å². The van der Waals surface area contributed by atoms with Gasteiger partial charge < -0.3 is 5.32 Å². The molecule has 0 bridgehead atoms. The summed E-state index contributed by atoms with van der Waals surface area (Å²) >= 11 is 1.84. The van der Waals surface area contributed by atoms with Gasteiger partial charge in [0.1, 0.15) is 0 Å². The molecule has 0 spiro atoms. The van der Waals surface area contributed by atoms with Crippen LogP contribution in [0.15, 0.2) is 78.9 Å². The minimum atomic E-state index is -0.0129. The lowest BCUT2D eigenvalue weighted by Gasteiger charge is -2.08. The van der Waals surface area contributed by atoms with Crippen LogP contribution in [0.3, 0.4) is 0 Å². The smallest absolute Gasteiger partial charge is 0.251 e. The minimum Gasteiger partial charge on any atom is -0.351 e. The Labute approximate surface area is 159 Å². The summed E-state index contributed by atoms with van der Waals surface area (Å²) in [5.74, 6) is 1.87. The van der Waals surface area contributed by atoms with E-state index in [-0.39, 0.29) is 5.91 Å². The Hall–Kier alpha value is -2.52. The van der Waals surface area contributed by atoms with Crippen LogP contribution in [0.5, 0.6) is 0 Å². The first-order valence-corrected chi connectivity index (χ1v) is 9.95. The number of nitrogens with one attached hydrogen (secondary N) is 1. The molecule has 0 saturated carbocycles. The second kappa shape index (κ2) is 9.25. The summed E-state index contributed by atoms with van der Waals surface area (Å²) in [6.45, 7) is 2.81. The molecule has 0 saturated heterocycles. The van der Waals surface area contributed by atoms with E-state index in [1.807, 2.05) is 54.2 Å². The van der Waals surface area contributed by atoms with Crippen LogP contribution in [-0.4, -0.2) is 18.2 Å². The molecule has 132 valence electrons. The monoisotopic (exact) mass is 361 g/mol. The Morgan fingerprint density at radius 1 is 0.846 bits per heavy atom. The molecule has 0 aliphatic carbocycles. The molecule has 0 aliphatic heterocycles. The first-order chi connectivity index (χ1) is 12.7. The Bertz CT molecular complexity index is 844. The van der Waals surface area contributed by atoms with Gasteiger partial charge in [-0.15, -0.1) is 0 Å². The molecule has 3 aromatic carbocycles. The van der Waals surface area contributed by atoms with Crippen LogP contribution in [0.1, 0.15) is 21.5 Å². The van der Waals surface area contributed by atoms with Crippen molar-refractivity contribution in [2.24, 2.45) is 0 Å². The summed E-state index contributed by atoms with van der Waals surface area (Å²) in [5.41, 5.74) is 5.67. The third-order valence-corrected chi connectivity index (χ3v) is 5.31. The van der Waals surface area contributed by atoms with Crippen molar-refractivity contribution in [1.82, 2.24) is 5.32 Å². The number of carbonyl (C=O) groups is 1. The summed E-state index contributed by atoms with van der Waals surface area (Å²) in [6.07, 6.45) is 0. The van der Waals surface area contributed by atoms with Gasteiger partial charge >= 0.3 is 0 Å². The summed E-state index contributed by atoms with van der Waals surface area (Å²) in [7, 11) is 0. The largest absolute Gasteiger partial charge is 0.351 e. The van der Waals surface area contributed by atoms with E-state index < -0.39 is 0 Å². The number of hydrogen-bond donors (Lipinski definition) is 1. The Morgan fingerprint density at radius 3 is 2.23 bits per heavy atom. The lowest BCUT2D eigenvalue weighted by Crippen LogP contribution is -2.25. The predicted octanol–water partition coefficient (Wildman–Crippen LogP) is 5.33. The molecule has 0 atom stereocenters. The minimum absolute atomic E-state index is 0.0129. The van der Waals surface area contributed by atoms with Crippen LogP contribution in [0.25, 0.3) is 11.1 Å². The number of aryl methyl sites for hydroxylation is 1. The molecular formula is C23H23NOS. The Morgan fingerprint density at radius 2 is 1.50 bits per heavy atom. The van der Waals surface area contributed by atoms with E-state index in [4.69, 9.17) is 0 Å². The van der Waals surface area contributed by atoms with Gasteiger partial charge in [-0.3, -0.25) is 4.79 Å². The number of hydrogen-bond acceptors (Lipinski definition) is 2. The lowest BCUT2D eigenvalue weighted by atomic mass is 10.0. The van der Waals surface area contributed by atoms with E-state index in [1.54, 1.807) is 0 Å². The van der Waals surface area contributed by atoms with Crippen LogP contribution >= 0.6 is 11.8 Å². The van der Waals surface area contributed by atoms with E-state index in [0.29, 0.717) is 12.1 Å². The number of amides is 1. The van der Waals surface area contributed by atoms with Crippen molar-refractivity contribution in [3.05, 3.63) is 95.6 Å². The molecule has 3 rings (SSSR count). The molecule has 0 radical (unpaired) electrons. The maximum absolute atomic E-state index is 12.3. The number of thioether (sulfide) groups is 1. The molecule has 1 amide bonds. The maximum atomic E-state index is 12.3. The third-order valence-electron chi connectivity index (χ3n) is 4.30. The summed E-state index contributed by atoms with van der Waals surface area (Å²) in [6, 6.07) is 26.4. The van der Waals surface area contributed by atoms with Crippen molar-refractivity contribution < 1.29 is 4.79 Å². The standard InChI is InChI=1S/C23H23NOS/c1-18-7-5-6-10-22(18)17-26-16-15-24-23(25)21-13-11-20(12-14-21)19-8-3-2-4-9-19/h2-14H,15-17H2,1H3,(H,24,25). The fraction of sp³-hybridized carbons (Fsp3) is 0.174. The van der Waals surface area contributed by atoms with E-state index in [2.05, 4.69) is 48.6 Å². The average Bonchev–Trinajstić information content (AvgIpc) is 2.70. The van der Waals surface area contributed by atoms with Crippen LogP contribution in [0, 0.1) is 6.92 Å². The van der Waals surface area contributed by atoms with Gasteiger partial charge in [0.05, 0.1) is 0 Å². The van der Waals surface area contributed by atoms with Gasteiger partial charge in [-0.25, -0.2) is 0 Å². The lowest BCUT2D eigenvalue weighted by molar-refractivity contribution is 0.0956. The normalized spacial score (nSPS) is 10.5. The molecule has 3 heteroatoms. The van der Waals surface area contributed by atoms with E-state index in [1.165, 1.54) is 11.1 Å². The summed E-state index contributed by atoms with van der Waals surface area (Å²) in [5, 5.41) is 3.00. The second-order valence-electron chi connectivity index (χ2n) is 6.18. The SMILES string of the molecule is Cc1ccccc1CSCCNC(=O)c1ccc(-c2ccccc2)cc1. The van der Waals surface area contributed by atoms with Crippen LogP contribution in [0.4, 0.5) is 0 Å². The van der Waals surface area contributed by atoms with Crippen molar-refractivity contribution in [3.63, 3.8) is 0 Å². The van der Waals surface area contributed by atoms with Gasteiger partial charge in [-0.2, -0.15) is 11.8 Å². The fourth-order valence-corrected chi connectivity index (χ4v) is 3.67. The first kappa shape index (κ1) is 18.3. The first-order valence-electron chi connectivity index (χ1n) is 8.80. The molecule has 2 nitrogen and oxygen atoms in total. The van der Waals surface area contributed by atoms with E-state index >= 15 is 0 Å². The van der Waals surface area contributed by atoms with Crippen LogP contribution in [-0.2, 0) is 5.75 Å². The van der Waals surface area contributed by atoms with Crippen LogP contribution in [0.2, 0.25) is 0 Å². The summed E-state index contributed by atoms with van der Waals surface area (Å²) < 4.78 is 0. The topological polar surface area (TPSA) is 29.1 Å². The Kier molecular flexibility index (Phi) is 6.50. The highest BCUT2D eigenvalue weighted by molar-refractivity contribution is 7.98. The van der Waals surface area contributed by atoms with Gasteiger partial charge in [0, 0.05) is 23.6 Å².